The standard InChI is InChI=1S/C15H16Cl2N4/c1-10-6-14(21-4-2-3-5-21)20-15(18-10)19-13-8-11(16)7-12(17)9-13/h6-9H,2-5H2,1H3,(H,18,19,20). The number of nitrogens with zero attached hydrogens (tertiary/aromatic N) is 3. The van der Waals surface area contributed by atoms with E-state index in [1.54, 1.807) is 18.2 Å². The molecule has 0 amide bonds. The number of aryl methyl sites for hydroxylation is 1. The molecule has 6 heteroatoms. The maximum Gasteiger partial charge on any atom is 0.229 e. The summed E-state index contributed by atoms with van der Waals surface area (Å²) in [6.45, 7) is 4.08. The first-order valence-corrected chi connectivity index (χ1v) is 7.69. The predicted molar refractivity (Wildman–Crippen MR) is 88.0 cm³/mol. The second-order valence-electron chi connectivity index (χ2n) is 5.17. The summed E-state index contributed by atoms with van der Waals surface area (Å²) in [4.78, 5) is 11.3. The maximum absolute atomic E-state index is 6.01. The van der Waals surface area contributed by atoms with Gasteiger partial charge in [-0.2, -0.15) is 4.98 Å². The third kappa shape index (κ3) is 3.57. The molecular weight excluding hydrogens is 307 g/mol. The van der Waals surface area contributed by atoms with Gasteiger partial charge in [-0.15, -0.1) is 0 Å². The molecule has 1 aromatic carbocycles. The average molecular weight is 323 g/mol. The van der Waals surface area contributed by atoms with Crippen LogP contribution in [0.1, 0.15) is 18.5 Å². The molecule has 1 N–H and O–H groups in total. The van der Waals surface area contributed by atoms with Crippen LogP contribution in [0, 0.1) is 6.92 Å². The minimum absolute atomic E-state index is 0.565. The molecule has 1 aliphatic rings. The third-order valence-corrected chi connectivity index (χ3v) is 3.83. The van der Waals surface area contributed by atoms with Gasteiger partial charge in [-0.1, -0.05) is 23.2 Å². The van der Waals surface area contributed by atoms with Gasteiger partial charge >= 0.3 is 0 Å². The largest absolute Gasteiger partial charge is 0.356 e. The van der Waals surface area contributed by atoms with E-state index < -0.39 is 0 Å². The molecule has 0 bridgehead atoms. The first-order chi connectivity index (χ1) is 10.1. The molecule has 0 saturated carbocycles. The fourth-order valence-corrected chi connectivity index (χ4v) is 3.00. The van der Waals surface area contributed by atoms with Crippen LogP contribution in [0.4, 0.5) is 17.5 Å². The highest BCUT2D eigenvalue weighted by Crippen LogP contribution is 2.25. The smallest absolute Gasteiger partial charge is 0.229 e. The van der Waals surface area contributed by atoms with Gasteiger partial charge in [0.15, 0.2) is 0 Å². The van der Waals surface area contributed by atoms with Crippen molar-refractivity contribution in [3.05, 3.63) is 40.0 Å². The number of nitrogens with one attached hydrogen (secondary N) is 1. The number of aromatic nitrogens is 2. The lowest BCUT2D eigenvalue weighted by atomic mass is 10.3. The summed E-state index contributed by atoms with van der Waals surface area (Å²) in [6.07, 6.45) is 2.44. The molecule has 0 atom stereocenters. The number of halogens is 2. The fraction of sp³-hybridized carbons (Fsp3) is 0.333. The average Bonchev–Trinajstić information content (AvgIpc) is 2.90. The van der Waals surface area contributed by atoms with Crippen molar-refractivity contribution in [3.63, 3.8) is 0 Å². The Labute approximate surface area is 134 Å². The molecule has 1 saturated heterocycles. The van der Waals surface area contributed by atoms with Crippen molar-refractivity contribution in [1.29, 1.82) is 0 Å². The molecule has 1 aliphatic heterocycles. The highest BCUT2D eigenvalue weighted by Gasteiger charge is 2.15. The van der Waals surface area contributed by atoms with Crippen molar-refractivity contribution in [2.24, 2.45) is 0 Å². The van der Waals surface area contributed by atoms with Gasteiger partial charge in [0.2, 0.25) is 5.95 Å². The summed E-state index contributed by atoms with van der Waals surface area (Å²) in [6, 6.07) is 7.31. The van der Waals surface area contributed by atoms with E-state index in [0.29, 0.717) is 16.0 Å². The van der Waals surface area contributed by atoms with Crippen LogP contribution in [-0.4, -0.2) is 23.1 Å². The monoisotopic (exact) mass is 322 g/mol. The van der Waals surface area contributed by atoms with Gasteiger partial charge in [-0.05, 0) is 38.0 Å². The van der Waals surface area contributed by atoms with E-state index in [1.165, 1.54) is 12.8 Å². The summed E-state index contributed by atoms with van der Waals surface area (Å²) in [5, 5.41) is 4.33. The highest BCUT2D eigenvalue weighted by molar-refractivity contribution is 6.35. The summed E-state index contributed by atoms with van der Waals surface area (Å²) in [5.74, 6) is 1.53. The minimum atomic E-state index is 0.565. The number of hydrogen-bond donors (Lipinski definition) is 1. The quantitative estimate of drug-likeness (QED) is 0.907. The summed E-state index contributed by atoms with van der Waals surface area (Å²) >= 11 is 12.0. The lowest BCUT2D eigenvalue weighted by molar-refractivity contribution is 0.923. The van der Waals surface area contributed by atoms with Crippen molar-refractivity contribution in [2.45, 2.75) is 19.8 Å². The molecule has 3 rings (SSSR count). The molecular formula is C15H16Cl2N4. The van der Waals surface area contributed by atoms with E-state index in [1.807, 2.05) is 13.0 Å². The van der Waals surface area contributed by atoms with Gasteiger partial charge in [0.1, 0.15) is 5.82 Å². The molecule has 0 unspecified atom stereocenters. The molecule has 2 heterocycles. The number of hydrogen-bond acceptors (Lipinski definition) is 4. The fourth-order valence-electron chi connectivity index (χ4n) is 2.47. The van der Waals surface area contributed by atoms with E-state index >= 15 is 0 Å². The molecule has 0 radical (unpaired) electrons. The van der Waals surface area contributed by atoms with Crippen molar-refractivity contribution in [3.8, 4) is 0 Å². The van der Waals surface area contributed by atoms with Gasteiger partial charge in [-0.25, -0.2) is 4.98 Å². The predicted octanol–water partition coefficient (Wildman–Crippen LogP) is 4.44. The molecule has 1 aromatic heterocycles. The van der Waals surface area contributed by atoms with Gasteiger partial charge in [0.05, 0.1) is 0 Å². The van der Waals surface area contributed by atoms with E-state index in [9.17, 15) is 0 Å². The first kappa shape index (κ1) is 14.4. The van der Waals surface area contributed by atoms with Crippen LogP contribution in [0.5, 0.6) is 0 Å². The summed E-state index contributed by atoms with van der Waals surface area (Å²) < 4.78 is 0. The number of anilines is 3. The Bertz CT molecular complexity index is 634. The summed E-state index contributed by atoms with van der Waals surface area (Å²) in [5.41, 5.74) is 1.72. The van der Waals surface area contributed by atoms with Crippen molar-refractivity contribution < 1.29 is 0 Å². The molecule has 0 spiro atoms. The lowest BCUT2D eigenvalue weighted by Gasteiger charge is -2.17. The Morgan fingerprint density at radius 2 is 1.67 bits per heavy atom. The van der Waals surface area contributed by atoms with E-state index in [0.717, 1.165) is 30.3 Å². The SMILES string of the molecule is Cc1cc(N2CCCC2)nc(Nc2cc(Cl)cc(Cl)c2)n1. The molecule has 110 valence electrons. The van der Waals surface area contributed by atoms with E-state index in [2.05, 4.69) is 20.2 Å². The van der Waals surface area contributed by atoms with Crippen molar-refractivity contribution >= 4 is 40.7 Å². The lowest BCUT2D eigenvalue weighted by Crippen LogP contribution is -2.19. The zero-order chi connectivity index (χ0) is 14.8. The Morgan fingerprint density at radius 1 is 1.00 bits per heavy atom. The second kappa shape index (κ2) is 6.08. The first-order valence-electron chi connectivity index (χ1n) is 6.94. The Hall–Kier alpha value is -1.52. The van der Waals surface area contributed by atoms with Gasteiger partial charge < -0.3 is 10.2 Å². The Morgan fingerprint density at radius 3 is 2.33 bits per heavy atom. The zero-order valence-electron chi connectivity index (χ0n) is 11.7. The summed E-state index contributed by atoms with van der Waals surface area (Å²) in [7, 11) is 0. The Kier molecular flexibility index (Phi) is 4.17. The van der Waals surface area contributed by atoms with Crippen molar-refractivity contribution in [1.82, 2.24) is 9.97 Å². The molecule has 4 nitrogen and oxygen atoms in total. The zero-order valence-corrected chi connectivity index (χ0v) is 13.2. The molecule has 0 aliphatic carbocycles. The van der Waals surface area contributed by atoms with Gasteiger partial charge in [0.25, 0.3) is 0 Å². The molecule has 2 aromatic rings. The normalized spacial score (nSPS) is 14.5. The molecule has 1 fully saturated rings. The van der Waals surface area contributed by atoms with Crippen LogP contribution in [0.3, 0.4) is 0 Å². The minimum Gasteiger partial charge on any atom is -0.356 e. The van der Waals surface area contributed by atoms with Crippen LogP contribution in [-0.2, 0) is 0 Å². The maximum atomic E-state index is 6.01. The van der Waals surface area contributed by atoms with Crippen LogP contribution in [0.2, 0.25) is 10.0 Å². The second-order valence-corrected chi connectivity index (χ2v) is 6.04. The van der Waals surface area contributed by atoms with Gasteiger partial charge in [-0.3, -0.25) is 0 Å². The van der Waals surface area contributed by atoms with Crippen LogP contribution >= 0.6 is 23.2 Å². The van der Waals surface area contributed by atoms with Crippen LogP contribution in [0.25, 0.3) is 0 Å². The third-order valence-electron chi connectivity index (χ3n) is 3.39. The highest BCUT2D eigenvalue weighted by atomic mass is 35.5. The number of rotatable bonds is 3. The van der Waals surface area contributed by atoms with Crippen molar-refractivity contribution in [2.75, 3.05) is 23.3 Å². The number of benzene rings is 1. The van der Waals surface area contributed by atoms with Crippen LogP contribution in [0.15, 0.2) is 24.3 Å². The topological polar surface area (TPSA) is 41.1 Å². The van der Waals surface area contributed by atoms with E-state index in [-0.39, 0.29) is 0 Å². The van der Waals surface area contributed by atoms with Crippen LogP contribution < -0.4 is 10.2 Å². The Balaban J connectivity index is 1.87. The van der Waals surface area contributed by atoms with E-state index in [4.69, 9.17) is 23.2 Å². The van der Waals surface area contributed by atoms with Gasteiger partial charge in [0, 0.05) is 40.6 Å². The molecule has 21 heavy (non-hydrogen) atoms.